The fraction of sp³-hybridized carbons (Fsp3) is 1.00. The van der Waals surface area contributed by atoms with E-state index < -0.39 is 0 Å². The zero-order chi connectivity index (χ0) is 12.5. The molecule has 17 heavy (non-hydrogen) atoms. The molecule has 0 spiro atoms. The zero-order valence-electron chi connectivity index (χ0n) is 11.6. The molecule has 3 heteroatoms. The number of likely N-dealkylation sites (tertiary alicyclic amines) is 1. The van der Waals surface area contributed by atoms with Crippen molar-refractivity contribution in [1.82, 2.24) is 4.90 Å². The SMILES string of the molecule is CCC1CN(C2CSCCC2(C)C)CCC1N. The molecule has 2 aliphatic rings. The summed E-state index contributed by atoms with van der Waals surface area (Å²) in [6, 6.07) is 1.21. The van der Waals surface area contributed by atoms with E-state index in [4.69, 9.17) is 5.73 Å². The number of thioether (sulfide) groups is 1. The van der Waals surface area contributed by atoms with Gasteiger partial charge in [0.25, 0.3) is 0 Å². The maximum absolute atomic E-state index is 6.22. The topological polar surface area (TPSA) is 29.3 Å². The molecule has 2 rings (SSSR count). The van der Waals surface area contributed by atoms with Crippen molar-refractivity contribution in [2.75, 3.05) is 24.6 Å². The van der Waals surface area contributed by atoms with Crippen molar-refractivity contribution in [3.8, 4) is 0 Å². The Morgan fingerprint density at radius 3 is 2.82 bits per heavy atom. The standard InChI is InChI=1S/C14H28N2S/c1-4-11-9-16(7-5-12(11)15)13-10-17-8-6-14(13,2)3/h11-13H,4-10,15H2,1-3H3. The highest BCUT2D eigenvalue weighted by Gasteiger charge is 2.39. The van der Waals surface area contributed by atoms with Crippen molar-refractivity contribution < 1.29 is 0 Å². The second-order valence-electron chi connectivity index (χ2n) is 6.45. The molecular weight excluding hydrogens is 228 g/mol. The Kier molecular flexibility index (Phi) is 4.43. The molecule has 0 aromatic rings. The minimum Gasteiger partial charge on any atom is -0.327 e. The first-order valence-corrected chi connectivity index (χ1v) is 8.27. The summed E-state index contributed by atoms with van der Waals surface area (Å²) in [6.07, 6.45) is 3.79. The van der Waals surface area contributed by atoms with Crippen LogP contribution in [0, 0.1) is 11.3 Å². The first kappa shape index (κ1) is 13.7. The fourth-order valence-electron chi connectivity index (χ4n) is 3.32. The lowest BCUT2D eigenvalue weighted by Crippen LogP contribution is -2.56. The Labute approximate surface area is 111 Å². The summed E-state index contributed by atoms with van der Waals surface area (Å²) >= 11 is 2.14. The van der Waals surface area contributed by atoms with Gasteiger partial charge in [-0.2, -0.15) is 11.8 Å². The molecular formula is C14H28N2S. The summed E-state index contributed by atoms with van der Waals surface area (Å²) in [4.78, 5) is 2.74. The quantitative estimate of drug-likeness (QED) is 0.823. The van der Waals surface area contributed by atoms with Crippen molar-refractivity contribution in [1.29, 1.82) is 0 Å². The van der Waals surface area contributed by atoms with Gasteiger partial charge in [-0.15, -0.1) is 0 Å². The van der Waals surface area contributed by atoms with Crippen LogP contribution in [0.15, 0.2) is 0 Å². The number of hydrogen-bond acceptors (Lipinski definition) is 3. The number of nitrogens with two attached hydrogens (primary N) is 1. The maximum atomic E-state index is 6.22. The molecule has 0 aromatic carbocycles. The molecule has 0 bridgehead atoms. The summed E-state index contributed by atoms with van der Waals surface area (Å²) in [7, 11) is 0. The third kappa shape index (κ3) is 2.99. The van der Waals surface area contributed by atoms with Crippen LogP contribution < -0.4 is 5.73 Å². The molecule has 0 saturated carbocycles. The van der Waals surface area contributed by atoms with Gasteiger partial charge in [0.1, 0.15) is 0 Å². The molecule has 100 valence electrons. The van der Waals surface area contributed by atoms with E-state index >= 15 is 0 Å². The van der Waals surface area contributed by atoms with Crippen LogP contribution in [0.25, 0.3) is 0 Å². The lowest BCUT2D eigenvalue weighted by atomic mass is 9.79. The van der Waals surface area contributed by atoms with E-state index in [1.807, 2.05) is 0 Å². The minimum absolute atomic E-state index is 0.440. The molecule has 2 heterocycles. The van der Waals surface area contributed by atoms with Crippen molar-refractivity contribution in [2.45, 2.75) is 52.1 Å². The average Bonchev–Trinajstić information content (AvgIpc) is 2.30. The fourth-order valence-corrected chi connectivity index (χ4v) is 5.04. The van der Waals surface area contributed by atoms with E-state index in [0.717, 1.165) is 6.04 Å². The Morgan fingerprint density at radius 1 is 1.41 bits per heavy atom. The molecule has 2 N–H and O–H groups in total. The van der Waals surface area contributed by atoms with Crippen molar-refractivity contribution in [3.63, 3.8) is 0 Å². The van der Waals surface area contributed by atoms with Gasteiger partial charge < -0.3 is 5.73 Å². The Balaban J connectivity index is 2.01. The van der Waals surface area contributed by atoms with E-state index in [9.17, 15) is 0 Å². The summed E-state index contributed by atoms with van der Waals surface area (Å²) in [6.45, 7) is 9.63. The van der Waals surface area contributed by atoms with E-state index in [2.05, 4.69) is 37.4 Å². The molecule has 2 fully saturated rings. The van der Waals surface area contributed by atoms with Gasteiger partial charge in [-0.3, -0.25) is 4.90 Å². The van der Waals surface area contributed by atoms with Gasteiger partial charge in [-0.1, -0.05) is 27.2 Å². The predicted molar refractivity (Wildman–Crippen MR) is 77.5 cm³/mol. The number of rotatable bonds is 2. The van der Waals surface area contributed by atoms with E-state index in [-0.39, 0.29) is 0 Å². The van der Waals surface area contributed by atoms with Crippen LogP contribution in [0.2, 0.25) is 0 Å². The largest absolute Gasteiger partial charge is 0.327 e. The van der Waals surface area contributed by atoms with Gasteiger partial charge in [0.05, 0.1) is 0 Å². The van der Waals surface area contributed by atoms with Crippen LogP contribution in [0.3, 0.4) is 0 Å². The van der Waals surface area contributed by atoms with Crippen LogP contribution in [-0.4, -0.2) is 41.6 Å². The summed E-state index contributed by atoms with van der Waals surface area (Å²) in [5.74, 6) is 3.37. The number of nitrogens with zero attached hydrogens (tertiary/aromatic N) is 1. The van der Waals surface area contributed by atoms with Gasteiger partial charge in [0.15, 0.2) is 0 Å². The second-order valence-corrected chi connectivity index (χ2v) is 7.59. The Bertz CT molecular complexity index is 255. The van der Waals surface area contributed by atoms with Crippen molar-refractivity contribution >= 4 is 11.8 Å². The Morgan fingerprint density at radius 2 is 2.18 bits per heavy atom. The first-order chi connectivity index (χ1) is 8.04. The van der Waals surface area contributed by atoms with E-state index in [0.29, 0.717) is 17.4 Å². The van der Waals surface area contributed by atoms with E-state index in [1.165, 1.54) is 43.9 Å². The second kappa shape index (κ2) is 5.50. The predicted octanol–water partition coefficient (Wildman–Crippen LogP) is 2.58. The summed E-state index contributed by atoms with van der Waals surface area (Å²) < 4.78 is 0. The van der Waals surface area contributed by atoms with Gasteiger partial charge in [0.2, 0.25) is 0 Å². The Hall–Kier alpha value is 0.270. The molecule has 2 nitrogen and oxygen atoms in total. The monoisotopic (exact) mass is 256 g/mol. The molecule has 0 aromatic heterocycles. The number of hydrogen-bond donors (Lipinski definition) is 1. The van der Waals surface area contributed by atoms with E-state index in [1.54, 1.807) is 0 Å². The van der Waals surface area contributed by atoms with Crippen LogP contribution in [0.4, 0.5) is 0 Å². The maximum Gasteiger partial charge on any atom is 0.0237 e. The van der Waals surface area contributed by atoms with Gasteiger partial charge >= 0.3 is 0 Å². The van der Waals surface area contributed by atoms with Crippen LogP contribution >= 0.6 is 11.8 Å². The third-order valence-corrected chi connectivity index (χ3v) is 5.90. The van der Waals surface area contributed by atoms with Gasteiger partial charge in [0, 0.05) is 24.4 Å². The first-order valence-electron chi connectivity index (χ1n) is 7.12. The normalized spacial score (nSPS) is 39.2. The molecule has 3 atom stereocenters. The van der Waals surface area contributed by atoms with Crippen LogP contribution in [-0.2, 0) is 0 Å². The highest BCUT2D eigenvalue weighted by Crippen LogP contribution is 2.38. The molecule has 0 radical (unpaired) electrons. The van der Waals surface area contributed by atoms with Crippen molar-refractivity contribution in [2.24, 2.45) is 17.1 Å². The number of piperidine rings is 1. The lowest BCUT2D eigenvalue weighted by molar-refractivity contribution is 0.0488. The highest BCUT2D eigenvalue weighted by molar-refractivity contribution is 7.99. The molecule has 2 aliphatic heterocycles. The zero-order valence-corrected chi connectivity index (χ0v) is 12.4. The van der Waals surface area contributed by atoms with Gasteiger partial charge in [-0.25, -0.2) is 0 Å². The lowest BCUT2D eigenvalue weighted by Gasteiger charge is -2.49. The summed E-state index contributed by atoms with van der Waals surface area (Å²) in [5, 5.41) is 0. The molecule has 2 saturated heterocycles. The third-order valence-electron chi connectivity index (χ3n) is 4.86. The molecule has 3 unspecified atom stereocenters. The highest BCUT2D eigenvalue weighted by atomic mass is 32.2. The molecule has 0 amide bonds. The average molecular weight is 256 g/mol. The smallest absolute Gasteiger partial charge is 0.0237 e. The van der Waals surface area contributed by atoms with Crippen molar-refractivity contribution in [3.05, 3.63) is 0 Å². The molecule has 0 aliphatic carbocycles. The summed E-state index contributed by atoms with van der Waals surface area (Å²) in [5.41, 5.74) is 6.71. The van der Waals surface area contributed by atoms with Crippen LogP contribution in [0.1, 0.15) is 40.0 Å². The minimum atomic E-state index is 0.440. The van der Waals surface area contributed by atoms with Gasteiger partial charge in [-0.05, 0) is 36.5 Å². The van der Waals surface area contributed by atoms with Crippen LogP contribution in [0.5, 0.6) is 0 Å².